The number of benzene rings is 1. The van der Waals surface area contributed by atoms with Gasteiger partial charge in [0.1, 0.15) is 11.5 Å². The fourth-order valence-corrected chi connectivity index (χ4v) is 6.40. The molecule has 2 N–H and O–H groups in total. The van der Waals surface area contributed by atoms with Gasteiger partial charge < -0.3 is 15.2 Å². The smallest absolute Gasteiger partial charge is 0.226 e. The normalized spacial score (nSPS) is 23.0. The average molecular weight is 503 g/mol. The summed E-state index contributed by atoms with van der Waals surface area (Å²) in [5.41, 5.74) is 8.40. The predicted octanol–water partition coefficient (Wildman–Crippen LogP) is 5.73. The zero-order valence-electron chi connectivity index (χ0n) is 17.7. The highest BCUT2D eigenvalue weighted by Gasteiger charge is 2.34. The first-order chi connectivity index (χ1) is 15.1. The maximum Gasteiger partial charge on any atom is 0.226 e. The Labute approximate surface area is 197 Å². The Morgan fingerprint density at radius 2 is 1.81 bits per heavy atom. The molecular weight excluding hydrogens is 474 g/mol. The number of hydrogen-bond acceptors (Lipinski definition) is 4. The summed E-state index contributed by atoms with van der Waals surface area (Å²) < 4.78 is 3.23. The van der Waals surface area contributed by atoms with Crippen LogP contribution < -0.4 is 5.73 Å². The van der Waals surface area contributed by atoms with Gasteiger partial charge in [-0.25, -0.2) is 4.98 Å². The molecule has 2 aliphatic rings. The molecule has 2 aromatic heterocycles. The van der Waals surface area contributed by atoms with Crippen LogP contribution in [0.5, 0.6) is 0 Å². The minimum atomic E-state index is 0.217. The molecule has 5 rings (SSSR count). The maximum atomic E-state index is 6.11. The van der Waals surface area contributed by atoms with E-state index in [1.807, 2.05) is 0 Å². The van der Waals surface area contributed by atoms with E-state index in [2.05, 4.69) is 71.9 Å². The van der Waals surface area contributed by atoms with E-state index in [-0.39, 0.29) is 5.28 Å². The number of nitrogen functional groups attached to an aromatic ring is 1. The highest BCUT2D eigenvalue weighted by Crippen LogP contribution is 2.44. The number of aromatic nitrogens is 3. The molecule has 0 amide bonds. The summed E-state index contributed by atoms with van der Waals surface area (Å²) in [5.74, 6) is 2.08. The molecule has 1 saturated carbocycles. The van der Waals surface area contributed by atoms with Crippen molar-refractivity contribution in [2.45, 2.75) is 44.6 Å². The van der Waals surface area contributed by atoms with E-state index in [4.69, 9.17) is 17.3 Å². The highest BCUT2D eigenvalue weighted by molar-refractivity contribution is 9.10. The summed E-state index contributed by atoms with van der Waals surface area (Å²) in [5, 5.41) is 1.09. The number of fused-ring (bicyclic) bond motifs is 1. The predicted molar refractivity (Wildman–Crippen MR) is 130 cm³/mol. The van der Waals surface area contributed by atoms with Crippen molar-refractivity contribution >= 4 is 44.4 Å². The number of hydrogen-bond donors (Lipinski definition) is 1. The van der Waals surface area contributed by atoms with Crippen LogP contribution in [-0.2, 0) is 6.42 Å². The molecule has 0 radical (unpaired) electrons. The van der Waals surface area contributed by atoms with Gasteiger partial charge in [0.2, 0.25) is 5.28 Å². The minimum Gasteiger partial charge on any atom is -0.383 e. The lowest BCUT2D eigenvalue weighted by Gasteiger charge is -2.35. The van der Waals surface area contributed by atoms with Crippen LogP contribution in [-0.4, -0.2) is 39.1 Å². The van der Waals surface area contributed by atoms with Gasteiger partial charge >= 0.3 is 0 Å². The number of nitrogens with two attached hydrogens (primary N) is 1. The van der Waals surface area contributed by atoms with E-state index in [0.29, 0.717) is 11.9 Å². The van der Waals surface area contributed by atoms with Crippen molar-refractivity contribution in [3.63, 3.8) is 0 Å². The number of anilines is 1. The molecule has 3 aromatic rings. The average Bonchev–Trinajstić information content (AvgIpc) is 3.38. The van der Waals surface area contributed by atoms with Crippen molar-refractivity contribution < 1.29 is 0 Å². The third-order valence-corrected chi connectivity index (χ3v) is 8.09. The lowest BCUT2D eigenvalue weighted by molar-refractivity contribution is 0.148. The largest absolute Gasteiger partial charge is 0.383 e. The van der Waals surface area contributed by atoms with Crippen molar-refractivity contribution in [2.24, 2.45) is 11.8 Å². The second kappa shape index (κ2) is 9.08. The van der Waals surface area contributed by atoms with Gasteiger partial charge in [-0.3, -0.25) is 0 Å². The van der Waals surface area contributed by atoms with Gasteiger partial charge in [-0.1, -0.05) is 30.3 Å². The first kappa shape index (κ1) is 21.2. The summed E-state index contributed by atoms with van der Waals surface area (Å²) in [6.45, 7) is 3.64. The van der Waals surface area contributed by atoms with Crippen LogP contribution >= 0.6 is 27.5 Å². The molecule has 1 aromatic carbocycles. The van der Waals surface area contributed by atoms with E-state index in [0.717, 1.165) is 33.8 Å². The SMILES string of the molecule is Nc1nc(Cl)nc2c1c(Br)cn2C1CCC(C2CCN(CCc3ccccc3)CC2)C1. The van der Waals surface area contributed by atoms with E-state index in [9.17, 15) is 0 Å². The molecule has 2 fully saturated rings. The number of nitrogens with zero attached hydrogens (tertiary/aromatic N) is 4. The van der Waals surface area contributed by atoms with Crippen LogP contribution in [0.25, 0.3) is 11.0 Å². The topological polar surface area (TPSA) is 60.0 Å². The van der Waals surface area contributed by atoms with Crippen LogP contribution in [0, 0.1) is 11.8 Å². The van der Waals surface area contributed by atoms with Gasteiger partial charge in [0.25, 0.3) is 0 Å². The standard InChI is InChI=1S/C24H29BrClN5/c25-20-15-31(23-21(20)22(27)28-24(26)29-23)19-7-6-18(14-19)17-9-12-30(13-10-17)11-8-16-4-2-1-3-5-16/h1-5,15,17-19H,6-14H2,(H2,27,28,29). The lowest BCUT2D eigenvalue weighted by Crippen LogP contribution is -2.37. The van der Waals surface area contributed by atoms with Gasteiger partial charge in [-0.2, -0.15) is 4.98 Å². The third-order valence-electron chi connectivity index (χ3n) is 7.32. The molecule has 0 spiro atoms. The first-order valence-electron chi connectivity index (χ1n) is 11.3. The molecule has 1 aliphatic heterocycles. The van der Waals surface area contributed by atoms with Crippen LogP contribution in [0.1, 0.15) is 43.7 Å². The summed E-state index contributed by atoms with van der Waals surface area (Å²) in [6.07, 6.45) is 9.62. The van der Waals surface area contributed by atoms with E-state index in [1.165, 1.54) is 57.3 Å². The molecule has 1 aliphatic carbocycles. The molecule has 2 atom stereocenters. The zero-order chi connectivity index (χ0) is 21.4. The van der Waals surface area contributed by atoms with Gasteiger partial charge in [0.15, 0.2) is 0 Å². The summed E-state index contributed by atoms with van der Waals surface area (Å²) >= 11 is 9.75. The summed E-state index contributed by atoms with van der Waals surface area (Å²) in [7, 11) is 0. The van der Waals surface area contributed by atoms with Crippen LogP contribution in [0.4, 0.5) is 5.82 Å². The molecule has 2 unspecified atom stereocenters. The summed E-state index contributed by atoms with van der Waals surface area (Å²) in [6, 6.07) is 11.3. The van der Waals surface area contributed by atoms with E-state index in [1.54, 1.807) is 0 Å². The molecule has 31 heavy (non-hydrogen) atoms. The molecule has 3 heterocycles. The highest BCUT2D eigenvalue weighted by atomic mass is 79.9. The molecule has 7 heteroatoms. The molecule has 5 nitrogen and oxygen atoms in total. The number of halogens is 2. The Morgan fingerprint density at radius 3 is 2.58 bits per heavy atom. The first-order valence-corrected chi connectivity index (χ1v) is 12.5. The van der Waals surface area contributed by atoms with E-state index >= 15 is 0 Å². The number of piperidine rings is 1. The van der Waals surface area contributed by atoms with Gasteiger partial charge in [-0.05, 0) is 96.5 Å². The van der Waals surface area contributed by atoms with Crippen LogP contribution in [0.15, 0.2) is 41.0 Å². The number of rotatable bonds is 5. The fourth-order valence-electron chi connectivity index (χ4n) is 5.63. The molecule has 1 saturated heterocycles. The molecular formula is C24H29BrClN5. The Balaban J connectivity index is 1.19. The second-order valence-corrected chi connectivity index (χ2v) is 10.3. The van der Waals surface area contributed by atoms with E-state index < -0.39 is 0 Å². The number of likely N-dealkylation sites (tertiary alicyclic amines) is 1. The van der Waals surface area contributed by atoms with Crippen molar-refractivity contribution in [2.75, 3.05) is 25.4 Å². The Hall–Kier alpha value is -1.63. The van der Waals surface area contributed by atoms with Gasteiger partial charge in [0.05, 0.1) is 5.39 Å². The monoisotopic (exact) mass is 501 g/mol. The van der Waals surface area contributed by atoms with Crippen molar-refractivity contribution in [1.29, 1.82) is 0 Å². The third kappa shape index (κ3) is 4.48. The Kier molecular flexibility index (Phi) is 6.22. The Bertz CT molecular complexity index is 1050. The molecule has 0 bridgehead atoms. The van der Waals surface area contributed by atoms with Crippen LogP contribution in [0.2, 0.25) is 5.28 Å². The van der Waals surface area contributed by atoms with Gasteiger partial charge in [0, 0.05) is 23.3 Å². The van der Waals surface area contributed by atoms with Crippen LogP contribution in [0.3, 0.4) is 0 Å². The quantitative estimate of drug-likeness (QED) is 0.453. The Morgan fingerprint density at radius 1 is 1.03 bits per heavy atom. The van der Waals surface area contributed by atoms with Crippen molar-refractivity contribution in [1.82, 2.24) is 19.4 Å². The minimum absolute atomic E-state index is 0.217. The maximum absolute atomic E-state index is 6.11. The summed E-state index contributed by atoms with van der Waals surface area (Å²) in [4.78, 5) is 11.3. The fraction of sp³-hybridized carbons (Fsp3) is 0.500. The van der Waals surface area contributed by atoms with Crippen molar-refractivity contribution in [3.8, 4) is 0 Å². The van der Waals surface area contributed by atoms with Crippen molar-refractivity contribution in [3.05, 3.63) is 51.8 Å². The lowest BCUT2D eigenvalue weighted by atomic mass is 9.83. The zero-order valence-corrected chi connectivity index (χ0v) is 20.0. The second-order valence-electron chi connectivity index (χ2n) is 9.10. The molecule has 164 valence electrons. The van der Waals surface area contributed by atoms with Gasteiger partial charge in [-0.15, -0.1) is 0 Å².